The molecule has 2 aromatic carbocycles. The summed E-state index contributed by atoms with van der Waals surface area (Å²) in [4.78, 5) is 25.9. The van der Waals surface area contributed by atoms with E-state index < -0.39 is 0 Å². The van der Waals surface area contributed by atoms with Crippen LogP contribution in [0.5, 0.6) is 0 Å². The Morgan fingerprint density at radius 1 is 0.963 bits per heavy atom. The van der Waals surface area contributed by atoms with Crippen LogP contribution in [0, 0.1) is 13.8 Å². The summed E-state index contributed by atoms with van der Waals surface area (Å²) in [5.74, 6) is 0. The van der Waals surface area contributed by atoms with Gasteiger partial charge in [0.1, 0.15) is 0 Å². The maximum absolute atomic E-state index is 13.1. The Morgan fingerprint density at radius 3 is 2.33 bits per heavy atom. The average molecular weight is 359 g/mol. The summed E-state index contributed by atoms with van der Waals surface area (Å²) >= 11 is 0. The Labute approximate surface area is 156 Å². The molecular formula is C22H21N3O2. The lowest BCUT2D eigenvalue weighted by atomic mass is 10.1. The van der Waals surface area contributed by atoms with Crippen LogP contribution in [0.25, 0.3) is 22.3 Å². The summed E-state index contributed by atoms with van der Waals surface area (Å²) in [5.41, 5.74) is 4.59. The van der Waals surface area contributed by atoms with Crippen molar-refractivity contribution in [1.82, 2.24) is 14.3 Å². The van der Waals surface area contributed by atoms with Crippen molar-refractivity contribution in [3.05, 3.63) is 92.1 Å². The topological polar surface area (TPSA) is 59.8 Å². The number of H-pyrrole nitrogens is 1. The summed E-state index contributed by atoms with van der Waals surface area (Å²) in [5, 5.41) is 3.62. The van der Waals surface area contributed by atoms with Crippen molar-refractivity contribution in [1.29, 1.82) is 0 Å². The lowest BCUT2D eigenvalue weighted by Crippen LogP contribution is -2.22. The number of aryl methyl sites for hydroxylation is 3. The van der Waals surface area contributed by atoms with E-state index in [0.717, 1.165) is 23.4 Å². The van der Waals surface area contributed by atoms with Crippen molar-refractivity contribution < 1.29 is 0 Å². The first-order chi connectivity index (χ1) is 13.0. The van der Waals surface area contributed by atoms with Gasteiger partial charge >= 0.3 is 0 Å². The van der Waals surface area contributed by atoms with Crippen LogP contribution in [0.1, 0.15) is 23.7 Å². The van der Waals surface area contributed by atoms with Gasteiger partial charge in [-0.15, -0.1) is 0 Å². The van der Waals surface area contributed by atoms with Gasteiger partial charge in [-0.3, -0.25) is 19.3 Å². The fourth-order valence-corrected chi connectivity index (χ4v) is 3.56. The third-order valence-corrected chi connectivity index (χ3v) is 5.06. The SMILES string of the molecule is CCc1ccc(-n2c(C)c3c(=O)n(-c4ccccc4C)[nH]c3cc2=O)cc1. The van der Waals surface area contributed by atoms with Gasteiger partial charge in [-0.1, -0.05) is 37.3 Å². The molecule has 0 fully saturated rings. The minimum atomic E-state index is -0.164. The first-order valence-corrected chi connectivity index (χ1v) is 9.04. The van der Waals surface area contributed by atoms with Gasteiger partial charge < -0.3 is 0 Å². The van der Waals surface area contributed by atoms with Crippen LogP contribution in [0.4, 0.5) is 0 Å². The fourth-order valence-electron chi connectivity index (χ4n) is 3.56. The van der Waals surface area contributed by atoms with E-state index in [1.54, 1.807) is 4.57 Å². The van der Waals surface area contributed by atoms with Gasteiger partial charge in [0.05, 0.1) is 16.6 Å². The molecule has 0 aliphatic heterocycles. The number of hydrogen-bond acceptors (Lipinski definition) is 2. The molecule has 0 saturated heterocycles. The zero-order chi connectivity index (χ0) is 19.1. The smallest absolute Gasteiger partial charge is 0.280 e. The molecule has 0 radical (unpaired) electrons. The molecule has 2 aromatic heterocycles. The van der Waals surface area contributed by atoms with E-state index >= 15 is 0 Å². The summed E-state index contributed by atoms with van der Waals surface area (Å²) < 4.78 is 3.11. The fraction of sp³-hybridized carbons (Fsp3) is 0.182. The molecular weight excluding hydrogens is 338 g/mol. The minimum Gasteiger partial charge on any atom is -0.290 e. The number of hydrogen-bond donors (Lipinski definition) is 1. The van der Waals surface area contributed by atoms with Crippen LogP contribution in [-0.4, -0.2) is 14.3 Å². The highest BCUT2D eigenvalue weighted by molar-refractivity contribution is 5.81. The molecule has 5 heteroatoms. The molecule has 136 valence electrons. The van der Waals surface area contributed by atoms with Crippen LogP contribution < -0.4 is 11.1 Å². The van der Waals surface area contributed by atoms with E-state index in [2.05, 4.69) is 12.0 Å². The van der Waals surface area contributed by atoms with E-state index in [1.165, 1.54) is 16.3 Å². The molecule has 27 heavy (non-hydrogen) atoms. The number of para-hydroxylation sites is 1. The Balaban J connectivity index is 1.99. The highest BCUT2D eigenvalue weighted by Crippen LogP contribution is 2.18. The number of aromatic amines is 1. The molecule has 0 aliphatic carbocycles. The maximum atomic E-state index is 13.1. The van der Waals surface area contributed by atoms with Crippen molar-refractivity contribution in [2.75, 3.05) is 0 Å². The van der Waals surface area contributed by atoms with Crippen LogP contribution in [0.3, 0.4) is 0 Å². The molecule has 0 unspecified atom stereocenters. The second kappa shape index (κ2) is 6.43. The first kappa shape index (κ1) is 17.1. The Hall–Kier alpha value is -3.34. The largest absolute Gasteiger partial charge is 0.290 e. The number of rotatable bonds is 3. The average Bonchev–Trinajstić information content (AvgIpc) is 2.99. The molecule has 0 bridgehead atoms. The van der Waals surface area contributed by atoms with Gasteiger partial charge in [0.15, 0.2) is 0 Å². The molecule has 4 rings (SSSR count). The van der Waals surface area contributed by atoms with E-state index in [9.17, 15) is 9.59 Å². The highest BCUT2D eigenvalue weighted by atomic mass is 16.1. The predicted molar refractivity (Wildman–Crippen MR) is 108 cm³/mol. The number of pyridine rings is 1. The van der Waals surface area contributed by atoms with Crippen LogP contribution in [0.15, 0.2) is 64.2 Å². The van der Waals surface area contributed by atoms with E-state index in [-0.39, 0.29) is 11.1 Å². The summed E-state index contributed by atoms with van der Waals surface area (Å²) in [6.45, 7) is 5.86. The van der Waals surface area contributed by atoms with Gasteiger partial charge in [0, 0.05) is 17.4 Å². The maximum Gasteiger partial charge on any atom is 0.280 e. The van der Waals surface area contributed by atoms with Gasteiger partial charge in [0.2, 0.25) is 0 Å². The van der Waals surface area contributed by atoms with Crippen molar-refractivity contribution >= 4 is 10.9 Å². The van der Waals surface area contributed by atoms with Crippen LogP contribution in [0.2, 0.25) is 0 Å². The summed E-state index contributed by atoms with van der Waals surface area (Å²) in [6.07, 6.45) is 0.937. The monoisotopic (exact) mass is 359 g/mol. The van der Waals surface area contributed by atoms with Crippen molar-refractivity contribution in [3.63, 3.8) is 0 Å². The van der Waals surface area contributed by atoms with Crippen LogP contribution in [-0.2, 0) is 6.42 Å². The molecule has 2 heterocycles. The Morgan fingerprint density at radius 2 is 1.67 bits per heavy atom. The molecule has 5 nitrogen and oxygen atoms in total. The van der Waals surface area contributed by atoms with Crippen LogP contribution >= 0.6 is 0 Å². The Bertz CT molecular complexity index is 1260. The zero-order valence-corrected chi connectivity index (χ0v) is 15.6. The standard InChI is InChI=1S/C22H21N3O2/c1-4-16-9-11-17(12-10-16)24-15(3)21-18(13-20(24)26)23-25(22(21)27)19-8-6-5-7-14(19)2/h5-13,23H,4H2,1-3H3. The second-order valence-electron chi connectivity index (χ2n) is 6.75. The third kappa shape index (κ3) is 2.72. The van der Waals surface area contributed by atoms with Gasteiger partial charge in [-0.05, 0) is 49.6 Å². The quantitative estimate of drug-likeness (QED) is 0.607. The summed E-state index contributed by atoms with van der Waals surface area (Å²) in [7, 11) is 0. The van der Waals surface area contributed by atoms with E-state index in [1.807, 2.05) is 62.4 Å². The minimum absolute atomic E-state index is 0.157. The highest BCUT2D eigenvalue weighted by Gasteiger charge is 2.16. The normalized spacial score (nSPS) is 11.2. The molecule has 0 spiro atoms. The predicted octanol–water partition coefficient (Wildman–Crippen LogP) is 3.65. The van der Waals surface area contributed by atoms with Crippen molar-refractivity contribution in [3.8, 4) is 11.4 Å². The molecule has 0 atom stereocenters. The number of nitrogens with one attached hydrogen (secondary N) is 1. The van der Waals surface area contributed by atoms with E-state index in [0.29, 0.717) is 16.6 Å². The number of nitrogens with zero attached hydrogens (tertiary/aromatic N) is 2. The van der Waals surface area contributed by atoms with Gasteiger partial charge in [-0.25, -0.2) is 4.68 Å². The zero-order valence-electron chi connectivity index (χ0n) is 15.6. The third-order valence-electron chi connectivity index (χ3n) is 5.06. The van der Waals surface area contributed by atoms with Gasteiger partial charge in [0.25, 0.3) is 11.1 Å². The summed E-state index contributed by atoms with van der Waals surface area (Å²) in [6, 6.07) is 17.0. The number of fused-ring (bicyclic) bond motifs is 1. The second-order valence-corrected chi connectivity index (χ2v) is 6.75. The molecule has 0 aliphatic rings. The number of benzene rings is 2. The lowest BCUT2D eigenvalue weighted by molar-refractivity contribution is 0.856. The Kier molecular flexibility index (Phi) is 4.07. The number of aromatic nitrogens is 3. The molecule has 4 aromatic rings. The molecule has 0 amide bonds. The van der Waals surface area contributed by atoms with Crippen molar-refractivity contribution in [2.24, 2.45) is 0 Å². The van der Waals surface area contributed by atoms with Gasteiger partial charge in [-0.2, -0.15) is 0 Å². The molecule has 0 saturated carbocycles. The first-order valence-electron chi connectivity index (χ1n) is 9.04. The van der Waals surface area contributed by atoms with E-state index in [4.69, 9.17) is 0 Å². The molecule has 1 N–H and O–H groups in total. The van der Waals surface area contributed by atoms with Crippen molar-refractivity contribution in [2.45, 2.75) is 27.2 Å². The lowest BCUT2D eigenvalue weighted by Gasteiger charge is -2.10.